The van der Waals surface area contributed by atoms with E-state index >= 15 is 0 Å². The number of anilines is 1. The highest BCUT2D eigenvalue weighted by Crippen LogP contribution is 2.25. The molecule has 1 aliphatic rings. The molecule has 0 amide bonds. The van der Waals surface area contributed by atoms with Gasteiger partial charge in [0.1, 0.15) is 17.5 Å². The van der Waals surface area contributed by atoms with Crippen LogP contribution in [0.5, 0.6) is 5.75 Å². The van der Waals surface area contributed by atoms with Crippen LogP contribution in [0.15, 0.2) is 24.3 Å². The first-order valence-electron chi connectivity index (χ1n) is 7.59. The summed E-state index contributed by atoms with van der Waals surface area (Å²) in [4.78, 5) is 3.67. The summed E-state index contributed by atoms with van der Waals surface area (Å²) in [5.41, 5.74) is 1.11. The van der Waals surface area contributed by atoms with Crippen molar-refractivity contribution in [2.24, 2.45) is 0 Å². The average Bonchev–Trinajstić information content (AvgIpc) is 2.81. The molecule has 0 unspecified atom stereocenters. The Bertz CT molecular complexity index is 680. The van der Waals surface area contributed by atoms with E-state index in [1.54, 1.807) is 7.11 Å². The van der Waals surface area contributed by atoms with Crippen LogP contribution in [0.4, 0.5) is 5.82 Å². The van der Waals surface area contributed by atoms with Crippen LogP contribution in [0.2, 0.25) is 0 Å². The van der Waals surface area contributed by atoms with Gasteiger partial charge < -0.3 is 9.64 Å². The molecule has 0 N–H and O–H groups in total. The van der Waals surface area contributed by atoms with Crippen molar-refractivity contribution in [3.05, 3.63) is 30.0 Å². The first kappa shape index (κ1) is 14.4. The second-order valence-electron chi connectivity index (χ2n) is 5.35. The topological polar surface area (TPSA) is 67.0 Å². The van der Waals surface area contributed by atoms with Crippen molar-refractivity contribution in [3.63, 3.8) is 0 Å². The van der Waals surface area contributed by atoms with Gasteiger partial charge in [-0.2, -0.15) is 5.26 Å². The predicted octanol–water partition coefficient (Wildman–Crippen LogP) is 2.53. The fourth-order valence-corrected chi connectivity index (χ4v) is 2.77. The maximum atomic E-state index is 9.38. The largest absolute Gasteiger partial charge is 0.494 e. The zero-order valence-corrected chi connectivity index (χ0v) is 12.7. The molecule has 0 atom stereocenters. The predicted molar refractivity (Wildman–Crippen MR) is 83.3 cm³/mol. The number of ether oxygens (including phenoxy) is 1. The number of nitriles is 1. The van der Waals surface area contributed by atoms with Crippen LogP contribution in [0.25, 0.3) is 5.69 Å². The second-order valence-corrected chi connectivity index (χ2v) is 5.35. The van der Waals surface area contributed by atoms with Gasteiger partial charge in [-0.05, 0) is 25.0 Å². The molecular weight excluding hydrogens is 278 g/mol. The molecule has 1 aromatic heterocycles. The highest BCUT2D eigenvalue weighted by Gasteiger charge is 2.20. The van der Waals surface area contributed by atoms with E-state index in [9.17, 15) is 5.26 Å². The van der Waals surface area contributed by atoms with E-state index in [1.165, 1.54) is 17.6 Å². The van der Waals surface area contributed by atoms with E-state index < -0.39 is 0 Å². The molecule has 6 nitrogen and oxygen atoms in total. The molecule has 0 aliphatic carbocycles. The fraction of sp³-hybridized carbons (Fsp3) is 0.438. The molecule has 114 valence electrons. The number of aromatic nitrogens is 3. The van der Waals surface area contributed by atoms with E-state index in [-0.39, 0.29) is 0 Å². The molecule has 0 spiro atoms. The lowest BCUT2D eigenvalue weighted by Crippen LogP contribution is -2.25. The van der Waals surface area contributed by atoms with Crippen LogP contribution >= 0.6 is 0 Å². The van der Waals surface area contributed by atoms with Crippen molar-refractivity contribution in [1.29, 1.82) is 5.26 Å². The van der Waals surface area contributed by atoms with Crippen LogP contribution < -0.4 is 9.64 Å². The van der Waals surface area contributed by atoms with Gasteiger partial charge in [-0.25, -0.2) is 0 Å². The Morgan fingerprint density at radius 2 is 1.82 bits per heavy atom. The van der Waals surface area contributed by atoms with Gasteiger partial charge in [-0.15, -0.1) is 15.0 Å². The molecular formula is C16H19N5O. The molecule has 3 rings (SSSR count). The number of methoxy groups -OCH3 is 1. The summed E-state index contributed by atoms with van der Waals surface area (Å²) in [5, 5.41) is 18.3. The van der Waals surface area contributed by atoms with Crippen LogP contribution in [-0.4, -0.2) is 35.2 Å². The lowest BCUT2D eigenvalue weighted by atomic mass is 10.2. The van der Waals surface area contributed by atoms with E-state index in [0.717, 1.165) is 31.6 Å². The van der Waals surface area contributed by atoms with Gasteiger partial charge in [0.2, 0.25) is 5.69 Å². The highest BCUT2D eigenvalue weighted by molar-refractivity contribution is 5.52. The Balaban J connectivity index is 1.99. The molecule has 6 heteroatoms. The van der Waals surface area contributed by atoms with Gasteiger partial charge in [0.25, 0.3) is 0 Å². The number of hydrogen-bond acceptors (Lipinski definition) is 5. The summed E-state index contributed by atoms with van der Waals surface area (Å²) >= 11 is 0. The van der Waals surface area contributed by atoms with Crippen LogP contribution in [0, 0.1) is 11.3 Å². The minimum absolute atomic E-state index is 0.368. The van der Waals surface area contributed by atoms with E-state index in [2.05, 4.69) is 21.2 Å². The van der Waals surface area contributed by atoms with Crippen molar-refractivity contribution in [1.82, 2.24) is 15.0 Å². The summed E-state index contributed by atoms with van der Waals surface area (Å²) in [6, 6.07) is 9.70. The van der Waals surface area contributed by atoms with Crippen LogP contribution in [0.1, 0.15) is 31.4 Å². The summed E-state index contributed by atoms with van der Waals surface area (Å²) < 4.78 is 5.35. The summed E-state index contributed by atoms with van der Waals surface area (Å²) in [6.45, 7) is 1.86. The third-order valence-electron chi connectivity index (χ3n) is 3.91. The molecule has 2 heterocycles. The molecule has 22 heavy (non-hydrogen) atoms. The number of rotatable bonds is 3. The molecule has 1 fully saturated rings. The zero-order chi connectivity index (χ0) is 15.4. The number of para-hydroxylation sites is 2. The maximum Gasteiger partial charge on any atom is 0.207 e. The zero-order valence-electron chi connectivity index (χ0n) is 12.7. The van der Waals surface area contributed by atoms with Crippen molar-refractivity contribution in [3.8, 4) is 17.5 Å². The van der Waals surface area contributed by atoms with Gasteiger partial charge in [-0.1, -0.05) is 25.0 Å². The van der Waals surface area contributed by atoms with E-state index in [1.807, 2.05) is 24.3 Å². The minimum atomic E-state index is 0.368. The van der Waals surface area contributed by atoms with Gasteiger partial charge in [0, 0.05) is 13.1 Å². The van der Waals surface area contributed by atoms with Gasteiger partial charge >= 0.3 is 0 Å². The smallest absolute Gasteiger partial charge is 0.207 e. The summed E-state index contributed by atoms with van der Waals surface area (Å²) in [7, 11) is 1.61. The fourth-order valence-electron chi connectivity index (χ4n) is 2.77. The average molecular weight is 297 g/mol. The lowest BCUT2D eigenvalue weighted by molar-refractivity contribution is 0.410. The number of hydrogen-bond donors (Lipinski definition) is 0. The van der Waals surface area contributed by atoms with Crippen molar-refractivity contribution < 1.29 is 4.74 Å². The van der Waals surface area contributed by atoms with Crippen LogP contribution in [0.3, 0.4) is 0 Å². The number of benzene rings is 1. The summed E-state index contributed by atoms with van der Waals surface area (Å²) in [5.74, 6) is 1.36. The van der Waals surface area contributed by atoms with E-state index in [0.29, 0.717) is 17.3 Å². The van der Waals surface area contributed by atoms with Gasteiger partial charge in [0.15, 0.2) is 5.82 Å². The Morgan fingerprint density at radius 1 is 1.09 bits per heavy atom. The van der Waals surface area contributed by atoms with Crippen molar-refractivity contribution in [2.75, 3.05) is 25.1 Å². The first-order valence-corrected chi connectivity index (χ1v) is 7.59. The molecule has 0 bridgehead atoms. The monoisotopic (exact) mass is 297 g/mol. The number of nitrogens with zero attached hydrogens (tertiary/aromatic N) is 5. The normalized spacial score (nSPS) is 15.2. The quantitative estimate of drug-likeness (QED) is 0.871. The molecule has 0 saturated carbocycles. The molecule has 1 aromatic carbocycles. The Hall–Kier alpha value is -2.55. The molecule has 2 aromatic rings. The lowest BCUT2D eigenvalue weighted by Gasteiger charge is -2.19. The molecule has 1 saturated heterocycles. The highest BCUT2D eigenvalue weighted by atomic mass is 16.5. The molecule has 0 radical (unpaired) electrons. The third-order valence-corrected chi connectivity index (χ3v) is 3.91. The standard InChI is InChI=1S/C16H19N5O/c1-22-15-9-5-4-8-14(15)21-18-13(12-17)16(19-21)20-10-6-2-3-7-11-20/h4-5,8-9H,2-3,6-7,10-11H2,1H3. The van der Waals surface area contributed by atoms with Crippen molar-refractivity contribution in [2.45, 2.75) is 25.7 Å². The Labute approximate surface area is 129 Å². The second kappa shape index (κ2) is 6.48. The van der Waals surface area contributed by atoms with E-state index in [4.69, 9.17) is 4.74 Å². The maximum absolute atomic E-state index is 9.38. The van der Waals surface area contributed by atoms with Gasteiger partial charge in [0.05, 0.1) is 7.11 Å². The van der Waals surface area contributed by atoms with Gasteiger partial charge in [-0.3, -0.25) is 0 Å². The first-order chi connectivity index (χ1) is 10.8. The van der Waals surface area contributed by atoms with Crippen LogP contribution in [-0.2, 0) is 0 Å². The third kappa shape index (κ3) is 2.75. The molecule has 1 aliphatic heterocycles. The summed E-state index contributed by atoms with van der Waals surface area (Å²) in [6.07, 6.45) is 4.73. The Kier molecular flexibility index (Phi) is 4.24. The minimum Gasteiger partial charge on any atom is -0.494 e. The van der Waals surface area contributed by atoms with Crippen molar-refractivity contribution >= 4 is 5.82 Å². The SMILES string of the molecule is COc1ccccc1-n1nc(C#N)c(N2CCCCCC2)n1. The Morgan fingerprint density at radius 3 is 2.50 bits per heavy atom.